The summed E-state index contributed by atoms with van der Waals surface area (Å²) in [4.78, 5) is 18.9. The van der Waals surface area contributed by atoms with E-state index in [1.54, 1.807) is 13.1 Å². The fraction of sp³-hybridized carbons (Fsp3) is 0.320. The van der Waals surface area contributed by atoms with Gasteiger partial charge in [-0.05, 0) is 81.4 Å². The van der Waals surface area contributed by atoms with Gasteiger partial charge in [0.1, 0.15) is 6.54 Å². The molecule has 3 aromatic rings. The van der Waals surface area contributed by atoms with Gasteiger partial charge in [-0.2, -0.15) is 0 Å². The van der Waals surface area contributed by atoms with Crippen molar-refractivity contribution in [3.05, 3.63) is 81.9 Å². The lowest BCUT2D eigenvalue weighted by Gasteiger charge is -2.27. The molecule has 1 N–H and O–H groups in total. The Bertz CT molecular complexity index is 1190. The summed E-state index contributed by atoms with van der Waals surface area (Å²) < 4.78 is 7.44. The van der Waals surface area contributed by atoms with E-state index < -0.39 is 0 Å². The monoisotopic (exact) mass is 482 g/mol. The van der Waals surface area contributed by atoms with Crippen LogP contribution in [0.1, 0.15) is 47.2 Å². The van der Waals surface area contributed by atoms with E-state index >= 15 is 0 Å². The second-order valence-corrected chi connectivity index (χ2v) is 8.90. The molecule has 172 valence electrons. The number of carbonyl (C=O) groups excluding carboxylic acids is 1. The maximum absolute atomic E-state index is 12.4. The molecule has 1 aliphatic rings. The molecule has 0 unspecified atom stereocenters. The van der Waals surface area contributed by atoms with Gasteiger partial charge in [-0.25, -0.2) is 0 Å². The van der Waals surface area contributed by atoms with E-state index in [1.165, 1.54) is 0 Å². The number of benzene rings is 1. The van der Waals surface area contributed by atoms with Crippen LogP contribution in [0.2, 0.25) is 5.02 Å². The molecule has 4 rings (SSSR count). The number of ether oxygens (including phenoxy) is 1. The maximum Gasteiger partial charge on any atom is 0.325 e. The van der Waals surface area contributed by atoms with Gasteiger partial charge in [0.05, 0.1) is 24.4 Å². The molecule has 2 aromatic heterocycles. The van der Waals surface area contributed by atoms with Gasteiger partial charge in [0, 0.05) is 28.3 Å². The highest BCUT2D eigenvalue weighted by Crippen LogP contribution is 2.41. The Morgan fingerprint density at radius 1 is 1.21 bits per heavy atom. The largest absolute Gasteiger partial charge is 0.465 e. The quantitative estimate of drug-likeness (QED) is 0.394. The standard InChI is InChI=1S/C25H27ClN4O2S/c1-5-32-22(31)14-29-24(23(28-25(29)33)20-10-6-7-12-27-20)18-13-15(2)30(17(18)4)21-11-8-9-19(26)16(21)3/h6-13,23-24H,5,14H2,1-4H3,(H,28,33)/t23-,24+/m1/s1. The highest BCUT2D eigenvalue weighted by Gasteiger charge is 2.42. The number of halogens is 1. The van der Waals surface area contributed by atoms with Crippen LogP contribution in [-0.2, 0) is 9.53 Å². The van der Waals surface area contributed by atoms with Crippen LogP contribution >= 0.6 is 23.8 Å². The van der Waals surface area contributed by atoms with Crippen LogP contribution in [0.15, 0.2) is 48.7 Å². The molecule has 8 heteroatoms. The number of esters is 1. The first-order valence-corrected chi connectivity index (χ1v) is 11.7. The van der Waals surface area contributed by atoms with E-state index in [0.717, 1.165) is 38.9 Å². The van der Waals surface area contributed by atoms with Gasteiger partial charge >= 0.3 is 5.97 Å². The van der Waals surface area contributed by atoms with Crippen LogP contribution in [0.5, 0.6) is 0 Å². The third-order valence-corrected chi connectivity index (χ3v) is 6.83. The van der Waals surface area contributed by atoms with Crippen molar-refractivity contribution in [3.8, 4) is 5.69 Å². The Labute approximate surface area is 204 Å². The Kier molecular flexibility index (Phi) is 6.72. The van der Waals surface area contributed by atoms with E-state index in [9.17, 15) is 4.79 Å². The van der Waals surface area contributed by atoms with Crippen LogP contribution in [0.4, 0.5) is 0 Å². The zero-order chi connectivity index (χ0) is 23.7. The van der Waals surface area contributed by atoms with Crippen molar-refractivity contribution in [2.75, 3.05) is 13.2 Å². The summed E-state index contributed by atoms with van der Waals surface area (Å²) in [6.07, 6.45) is 1.77. The second kappa shape index (κ2) is 9.53. The van der Waals surface area contributed by atoms with E-state index in [0.29, 0.717) is 11.7 Å². The van der Waals surface area contributed by atoms with Crippen molar-refractivity contribution >= 4 is 34.9 Å². The summed E-state index contributed by atoms with van der Waals surface area (Å²) in [5, 5.41) is 4.62. The smallest absolute Gasteiger partial charge is 0.325 e. The number of pyridine rings is 1. The minimum atomic E-state index is -0.312. The molecule has 1 saturated heterocycles. The summed E-state index contributed by atoms with van der Waals surface area (Å²) in [7, 11) is 0. The second-order valence-electron chi connectivity index (χ2n) is 8.11. The van der Waals surface area contributed by atoms with Crippen molar-refractivity contribution in [1.82, 2.24) is 19.8 Å². The average Bonchev–Trinajstić information content (AvgIpc) is 3.26. The number of hydrogen-bond acceptors (Lipinski definition) is 4. The molecule has 0 radical (unpaired) electrons. The number of thiocarbonyl (C=S) groups is 1. The SMILES string of the molecule is CCOC(=O)CN1C(=S)N[C@H](c2ccccn2)[C@@H]1c1cc(C)n(-c2cccc(Cl)c2C)c1C. The molecular formula is C25H27ClN4O2S. The zero-order valence-electron chi connectivity index (χ0n) is 19.1. The molecule has 1 aromatic carbocycles. The van der Waals surface area contributed by atoms with Gasteiger partial charge in [0.15, 0.2) is 5.11 Å². The van der Waals surface area contributed by atoms with Crippen molar-refractivity contribution < 1.29 is 9.53 Å². The van der Waals surface area contributed by atoms with Gasteiger partial charge in [-0.3, -0.25) is 9.78 Å². The lowest BCUT2D eigenvalue weighted by Crippen LogP contribution is -2.35. The van der Waals surface area contributed by atoms with Gasteiger partial charge in [-0.15, -0.1) is 0 Å². The van der Waals surface area contributed by atoms with Crippen LogP contribution in [0.3, 0.4) is 0 Å². The molecule has 3 heterocycles. The van der Waals surface area contributed by atoms with Crippen LogP contribution in [0, 0.1) is 20.8 Å². The molecule has 2 atom stereocenters. The first kappa shape index (κ1) is 23.3. The number of rotatable bonds is 6. The van der Waals surface area contributed by atoms with Gasteiger partial charge < -0.3 is 19.5 Å². The van der Waals surface area contributed by atoms with E-state index in [4.69, 9.17) is 28.6 Å². The normalized spacial score (nSPS) is 17.8. The Morgan fingerprint density at radius 3 is 2.70 bits per heavy atom. The molecule has 1 aliphatic heterocycles. The minimum Gasteiger partial charge on any atom is -0.465 e. The first-order valence-electron chi connectivity index (χ1n) is 10.9. The first-order chi connectivity index (χ1) is 15.8. The zero-order valence-corrected chi connectivity index (χ0v) is 20.7. The van der Waals surface area contributed by atoms with Crippen molar-refractivity contribution in [2.45, 2.75) is 39.8 Å². The summed E-state index contributed by atoms with van der Waals surface area (Å²) >= 11 is 12.1. The lowest BCUT2D eigenvalue weighted by molar-refractivity contribution is -0.143. The third kappa shape index (κ3) is 4.35. The minimum absolute atomic E-state index is 0.0630. The van der Waals surface area contributed by atoms with Crippen molar-refractivity contribution in [2.24, 2.45) is 0 Å². The van der Waals surface area contributed by atoms with Crippen LogP contribution in [-0.4, -0.2) is 38.7 Å². The number of aryl methyl sites for hydroxylation is 1. The maximum atomic E-state index is 12.4. The van der Waals surface area contributed by atoms with Crippen molar-refractivity contribution in [3.63, 3.8) is 0 Å². The number of carbonyl (C=O) groups is 1. The molecule has 0 saturated carbocycles. The predicted molar refractivity (Wildman–Crippen MR) is 134 cm³/mol. The van der Waals surface area contributed by atoms with E-state index in [-0.39, 0.29) is 24.6 Å². The lowest BCUT2D eigenvalue weighted by atomic mass is 9.96. The molecule has 0 spiro atoms. The topological polar surface area (TPSA) is 59.4 Å². The van der Waals surface area contributed by atoms with Crippen molar-refractivity contribution in [1.29, 1.82) is 0 Å². The number of hydrogen-bond donors (Lipinski definition) is 1. The summed E-state index contributed by atoms with van der Waals surface area (Å²) in [5.74, 6) is -0.312. The third-order valence-electron chi connectivity index (χ3n) is 6.07. The Morgan fingerprint density at radius 2 is 2.00 bits per heavy atom. The molecule has 0 aliphatic carbocycles. The van der Waals surface area contributed by atoms with Crippen LogP contribution in [0.25, 0.3) is 5.69 Å². The Balaban J connectivity index is 1.84. The fourth-order valence-corrected chi connectivity index (χ4v) is 5.03. The number of nitrogens with zero attached hydrogens (tertiary/aromatic N) is 3. The van der Waals surface area contributed by atoms with E-state index in [1.807, 2.05) is 42.2 Å². The fourth-order valence-electron chi connectivity index (χ4n) is 4.56. The summed E-state index contributed by atoms with van der Waals surface area (Å²) in [6.45, 7) is 8.36. The summed E-state index contributed by atoms with van der Waals surface area (Å²) in [5.41, 5.74) is 6.10. The van der Waals surface area contributed by atoms with Crippen LogP contribution < -0.4 is 5.32 Å². The molecule has 0 bridgehead atoms. The number of aromatic nitrogens is 2. The number of nitrogens with one attached hydrogen (secondary N) is 1. The predicted octanol–water partition coefficient (Wildman–Crippen LogP) is 4.99. The molecule has 0 amide bonds. The van der Waals surface area contributed by atoms with Gasteiger partial charge in [0.2, 0.25) is 0 Å². The van der Waals surface area contributed by atoms with Gasteiger partial charge in [0.25, 0.3) is 0 Å². The highest BCUT2D eigenvalue weighted by molar-refractivity contribution is 7.80. The Hall–Kier alpha value is -2.90. The van der Waals surface area contributed by atoms with E-state index in [2.05, 4.69) is 40.8 Å². The molecule has 1 fully saturated rings. The molecular weight excluding hydrogens is 456 g/mol. The van der Waals surface area contributed by atoms with Gasteiger partial charge in [-0.1, -0.05) is 23.7 Å². The summed E-state index contributed by atoms with van der Waals surface area (Å²) in [6, 6.07) is 13.5. The average molecular weight is 483 g/mol. The highest BCUT2D eigenvalue weighted by atomic mass is 35.5. The molecule has 6 nitrogen and oxygen atoms in total. The molecule has 33 heavy (non-hydrogen) atoms.